The molecule has 4 rings (SSSR count). The van der Waals surface area contributed by atoms with Crippen molar-refractivity contribution < 1.29 is 13.9 Å². The highest BCUT2D eigenvalue weighted by Crippen LogP contribution is 2.28. The molecule has 0 radical (unpaired) electrons. The zero-order chi connectivity index (χ0) is 14.9. The average molecular weight is 288 g/mol. The van der Waals surface area contributed by atoms with Crippen molar-refractivity contribution in [2.24, 2.45) is 0 Å². The summed E-state index contributed by atoms with van der Waals surface area (Å²) in [7, 11) is 0. The van der Waals surface area contributed by atoms with Crippen LogP contribution in [0.4, 0.5) is 0 Å². The quantitative estimate of drug-likeness (QED) is 0.302. The Morgan fingerprint density at radius 1 is 0.864 bits per heavy atom. The van der Waals surface area contributed by atoms with Gasteiger partial charge in [-0.05, 0) is 39.7 Å². The monoisotopic (exact) mass is 288 g/mol. The van der Waals surface area contributed by atoms with Crippen molar-refractivity contribution in [3.8, 4) is 5.75 Å². The third-order valence-electron chi connectivity index (χ3n) is 3.69. The molecule has 0 spiro atoms. The Morgan fingerprint density at radius 3 is 2.45 bits per heavy atom. The molecule has 0 unspecified atom stereocenters. The lowest BCUT2D eigenvalue weighted by molar-refractivity contribution is 0.0734. The Balaban J connectivity index is 1.79. The van der Waals surface area contributed by atoms with Crippen LogP contribution in [0, 0.1) is 0 Å². The van der Waals surface area contributed by atoms with Gasteiger partial charge in [-0.15, -0.1) is 0 Å². The van der Waals surface area contributed by atoms with E-state index in [1.54, 1.807) is 12.1 Å². The van der Waals surface area contributed by atoms with Gasteiger partial charge in [-0.1, -0.05) is 42.5 Å². The van der Waals surface area contributed by atoms with Crippen LogP contribution >= 0.6 is 0 Å². The second-order valence-electron chi connectivity index (χ2n) is 5.07. The van der Waals surface area contributed by atoms with E-state index in [2.05, 4.69) is 24.3 Å². The van der Waals surface area contributed by atoms with E-state index >= 15 is 0 Å². The maximum Gasteiger partial charge on any atom is 0.346 e. The van der Waals surface area contributed by atoms with E-state index in [1.807, 2.05) is 24.3 Å². The van der Waals surface area contributed by atoms with Crippen molar-refractivity contribution >= 4 is 27.5 Å². The number of hydrogen-bond donors (Lipinski definition) is 0. The molecular formula is C19H12O3. The predicted octanol–water partition coefficient (Wildman–Crippen LogP) is 4.81. The van der Waals surface area contributed by atoms with E-state index in [0.29, 0.717) is 11.3 Å². The van der Waals surface area contributed by atoms with Gasteiger partial charge in [0, 0.05) is 0 Å². The lowest BCUT2D eigenvalue weighted by Gasteiger charge is -2.07. The third kappa shape index (κ3) is 2.13. The van der Waals surface area contributed by atoms with Gasteiger partial charge in [-0.2, -0.15) is 0 Å². The summed E-state index contributed by atoms with van der Waals surface area (Å²) in [5.74, 6) is 0.100. The largest absolute Gasteiger partial charge is 0.472 e. The number of esters is 1. The molecule has 22 heavy (non-hydrogen) atoms. The lowest BCUT2D eigenvalue weighted by Crippen LogP contribution is -2.06. The molecule has 0 aliphatic carbocycles. The van der Waals surface area contributed by atoms with Gasteiger partial charge in [0.15, 0.2) is 0 Å². The molecule has 0 bridgehead atoms. The standard InChI is InChI=1S/C19H12O3/c20-19(15-9-10-21-12-15)22-16-8-7-14-6-5-13-3-1-2-4-17(13)18(14)11-16/h1-12H. The van der Waals surface area contributed by atoms with Crippen LogP contribution in [0.25, 0.3) is 21.5 Å². The number of furan rings is 1. The first kappa shape index (κ1) is 12.7. The fourth-order valence-electron chi connectivity index (χ4n) is 2.59. The molecule has 0 amide bonds. The summed E-state index contributed by atoms with van der Waals surface area (Å²) in [6.45, 7) is 0. The first-order valence-electron chi connectivity index (χ1n) is 6.97. The fraction of sp³-hybridized carbons (Fsp3) is 0. The Bertz CT molecular complexity index is 968. The van der Waals surface area contributed by atoms with Crippen LogP contribution in [0.3, 0.4) is 0 Å². The molecule has 4 aromatic rings. The Morgan fingerprint density at radius 2 is 1.64 bits per heavy atom. The Kier molecular flexibility index (Phi) is 2.90. The molecule has 0 aliphatic heterocycles. The van der Waals surface area contributed by atoms with Crippen LogP contribution in [0.15, 0.2) is 77.6 Å². The van der Waals surface area contributed by atoms with Gasteiger partial charge >= 0.3 is 5.97 Å². The molecule has 0 N–H and O–H groups in total. The van der Waals surface area contributed by atoms with Crippen molar-refractivity contribution in [2.75, 3.05) is 0 Å². The van der Waals surface area contributed by atoms with Crippen LogP contribution in [0.5, 0.6) is 5.75 Å². The van der Waals surface area contributed by atoms with Crippen molar-refractivity contribution in [1.29, 1.82) is 0 Å². The second kappa shape index (κ2) is 5.04. The summed E-state index contributed by atoms with van der Waals surface area (Å²) < 4.78 is 10.3. The molecule has 3 nitrogen and oxygen atoms in total. The molecule has 0 atom stereocenters. The van der Waals surface area contributed by atoms with E-state index in [4.69, 9.17) is 9.15 Å². The van der Waals surface area contributed by atoms with Crippen LogP contribution in [-0.2, 0) is 0 Å². The van der Waals surface area contributed by atoms with Crippen LogP contribution in [0.2, 0.25) is 0 Å². The molecule has 106 valence electrons. The molecule has 0 saturated carbocycles. The summed E-state index contributed by atoms with van der Waals surface area (Å²) >= 11 is 0. The van der Waals surface area contributed by atoms with Gasteiger partial charge in [0.25, 0.3) is 0 Å². The number of benzene rings is 3. The molecule has 1 heterocycles. The van der Waals surface area contributed by atoms with Crippen LogP contribution in [-0.4, -0.2) is 5.97 Å². The molecule has 0 saturated heterocycles. The average Bonchev–Trinajstić information content (AvgIpc) is 3.09. The van der Waals surface area contributed by atoms with Gasteiger partial charge in [0.05, 0.1) is 11.8 Å². The maximum atomic E-state index is 12.0. The van der Waals surface area contributed by atoms with Crippen LogP contribution < -0.4 is 4.74 Å². The minimum Gasteiger partial charge on any atom is -0.472 e. The number of fused-ring (bicyclic) bond motifs is 3. The normalized spacial score (nSPS) is 10.9. The second-order valence-corrected chi connectivity index (χ2v) is 5.07. The summed E-state index contributed by atoms with van der Waals surface area (Å²) in [5.41, 5.74) is 0.401. The van der Waals surface area contributed by atoms with E-state index < -0.39 is 5.97 Å². The topological polar surface area (TPSA) is 39.4 Å². The van der Waals surface area contributed by atoms with Gasteiger partial charge in [-0.3, -0.25) is 0 Å². The Hall–Kier alpha value is -3.07. The minimum atomic E-state index is -0.423. The number of rotatable bonds is 2. The van der Waals surface area contributed by atoms with E-state index in [9.17, 15) is 4.79 Å². The summed E-state index contributed by atoms with van der Waals surface area (Å²) in [4.78, 5) is 12.0. The SMILES string of the molecule is O=C(Oc1ccc2ccc3ccccc3c2c1)c1ccoc1. The van der Waals surface area contributed by atoms with E-state index in [-0.39, 0.29) is 0 Å². The fourth-order valence-corrected chi connectivity index (χ4v) is 2.59. The van der Waals surface area contributed by atoms with E-state index in [1.165, 1.54) is 12.5 Å². The van der Waals surface area contributed by atoms with Crippen molar-refractivity contribution in [1.82, 2.24) is 0 Å². The highest BCUT2D eigenvalue weighted by atomic mass is 16.5. The molecule has 0 aliphatic rings. The molecule has 3 heteroatoms. The first-order chi connectivity index (χ1) is 10.8. The zero-order valence-corrected chi connectivity index (χ0v) is 11.7. The van der Waals surface area contributed by atoms with Crippen molar-refractivity contribution in [2.45, 2.75) is 0 Å². The predicted molar refractivity (Wildman–Crippen MR) is 85.1 cm³/mol. The van der Waals surface area contributed by atoms with E-state index in [0.717, 1.165) is 21.5 Å². The molecule has 3 aromatic carbocycles. The van der Waals surface area contributed by atoms with Gasteiger partial charge in [0.1, 0.15) is 12.0 Å². The first-order valence-corrected chi connectivity index (χ1v) is 6.97. The third-order valence-corrected chi connectivity index (χ3v) is 3.69. The van der Waals surface area contributed by atoms with Crippen LogP contribution in [0.1, 0.15) is 10.4 Å². The smallest absolute Gasteiger partial charge is 0.346 e. The van der Waals surface area contributed by atoms with Gasteiger partial charge in [0.2, 0.25) is 0 Å². The molecule has 0 fully saturated rings. The van der Waals surface area contributed by atoms with Crippen molar-refractivity contribution in [3.05, 3.63) is 78.8 Å². The maximum absolute atomic E-state index is 12.0. The number of carbonyl (C=O) groups is 1. The lowest BCUT2D eigenvalue weighted by atomic mass is 10.0. The summed E-state index contributed by atoms with van der Waals surface area (Å²) in [5, 5.41) is 4.48. The summed E-state index contributed by atoms with van der Waals surface area (Å²) in [6.07, 6.45) is 2.82. The Labute approximate surface area is 126 Å². The number of carbonyl (C=O) groups excluding carboxylic acids is 1. The zero-order valence-electron chi connectivity index (χ0n) is 11.7. The van der Waals surface area contributed by atoms with Crippen molar-refractivity contribution in [3.63, 3.8) is 0 Å². The minimum absolute atomic E-state index is 0.401. The molecule has 1 aromatic heterocycles. The van der Waals surface area contributed by atoms with Gasteiger partial charge in [-0.25, -0.2) is 4.79 Å². The summed E-state index contributed by atoms with van der Waals surface area (Å²) in [6, 6.07) is 19.6. The highest BCUT2D eigenvalue weighted by molar-refractivity contribution is 6.08. The number of ether oxygens (including phenoxy) is 1. The highest BCUT2D eigenvalue weighted by Gasteiger charge is 2.10. The molecular weight excluding hydrogens is 276 g/mol. The number of hydrogen-bond acceptors (Lipinski definition) is 3. The van der Waals surface area contributed by atoms with Gasteiger partial charge < -0.3 is 9.15 Å².